The zero-order valence-electron chi connectivity index (χ0n) is 38.6. The highest BCUT2D eigenvalue weighted by Gasteiger charge is 2.49. The molecular weight excluding hydrogens is 911 g/mol. The number of rotatable bonds is 23. The number of hydrogen-bond acceptors (Lipinski definition) is 16. The second-order valence-electron chi connectivity index (χ2n) is 16.5. The average molecular weight is 966 g/mol. The van der Waals surface area contributed by atoms with E-state index < -0.39 is 95.9 Å². The Morgan fingerprint density at radius 2 is 1.46 bits per heavy atom. The number of aromatic nitrogens is 1. The monoisotopic (exact) mass is 965 g/mol. The van der Waals surface area contributed by atoms with E-state index in [4.69, 9.17) is 29.4 Å². The number of nitro groups is 1. The molecule has 1 aromatic heterocycles. The zero-order chi connectivity index (χ0) is 50.3. The number of esters is 2. The van der Waals surface area contributed by atoms with Crippen LogP contribution in [0.5, 0.6) is 0 Å². The van der Waals surface area contributed by atoms with Crippen molar-refractivity contribution in [2.24, 2.45) is 5.73 Å². The lowest BCUT2D eigenvalue weighted by atomic mass is 9.96. The van der Waals surface area contributed by atoms with E-state index in [0.29, 0.717) is 22.1 Å². The summed E-state index contributed by atoms with van der Waals surface area (Å²) < 4.78 is 29.2. The average Bonchev–Trinajstić information content (AvgIpc) is 3.34. The van der Waals surface area contributed by atoms with Crippen LogP contribution in [0.1, 0.15) is 51.2 Å². The number of amides is 4. The molecule has 1 saturated heterocycles. The number of aliphatic hydroxyl groups is 1. The third-order valence-corrected chi connectivity index (χ3v) is 11.2. The molecule has 7 N–H and O–H groups in total. The summed E-state index contributed by atoms with van der Waals surface area (Å²) in [6, 6.07) is 25.8. The molecule has 1 aliphatic rings. The number of nitrogens with zero attached hydrogens (tertiary/aromatic N) is 2. The number of hydrogen-bond donors (Lipinski definition) is 6. The second kappa shape index (κ2) is 24.6. The van der Waals surface area contributed by atoms with Crippen molar-refractivity contribution in [1.29, 1.82) is 0 Å². The van der Waals surface area contributed by atoms with Crippen molar-refractivity contribution >= 4 is 68.7 Å². The van der Waals surface area contributed by atoms with Crippen molar-refractivity contribution in [3.05, 3.63) is 124 Å². The maximum absolute atomic E-state index is 13.6. The maximum Gasteiger partial charge on any atom is 0.307 e. The number of primary amides is 1. The van der Waals surface area contributed by atoms with E-state index in [0.717, 1.165) is 11.1 Å². The number of carbonyl (C=O) groups is 6. The van der Waals surface area contributed by atoms with E-state index in [-0.39, 0.29) is 50.1 Å². The predicted molar refractivity (Wildman–Crippen MR) is 252 cm³/mol. The van der Waals surface area contributed by atoms with Gasteiger partial charge in [-0.3, -0.25) is 38.9 Å². The van der Waals surface area contributed by atoms with Gasteiger partial charge >= 0.3 is 11.9 Å². The number of anilines is 1. The highest BCUT2D eigenvalue weighted by Crippen LogP contribution is 2.36. The molecule has 0 radical (unpaired) electrons. The van der Waals surface area contributed by atoms with E-state index in [1.165, 1.54) is 32.9 Å². The summed E-state index contributed by atoms with van der Waals surface area (Å²) in [5, 5.41) is 35.4. The van der Waals surface area contributed by atoms with Crippen LogP contribution < -0.4 is 27.0 Å². The molecule has 4 amide bonds. The van der Waals surface area contributed by atoms with Crippen molar-refractivity contribution < 1.29 is 62.5 Å². The third-order valence-electron chi connectivity index (χ3n) is 11.2. The Kier molecular flexibility index (Phi) is 18.2. The Morgan fingerprint density at radius 1 is 0.814 bits per heavy atom. The first kappa shape index (κ1) is 51.8. The summed E-state index contributed by atoms with van der Waals surface area (Å²) in [6.07, 6.45) is -7.78. The summed E-state index contributed by atoms with van der Waals surface area (Å²) in [5.41, 5.74) is 8.21. The molecule has 0 bridgehead atoms. The van der Waals surface area contributed by atoms with Gasteiger partial charge in [-0.15, -0.1) is 0 Å². The minimum Gasteiger partial charge on any atom is -0.463 e. The molecule has 8 atom stereocenters. The first-order chi connectivity index (χ1) is 33.6. The number of nitrogens with two attached hydrogens (primary N) is 1. The summed E-state index contributed by atoms with van der Waals surface area (Å²) in [4.78, 5) is 93.3. The molecule has 370 valence electrons. The molecule has 21 heteroatoms. The lowest BCUT2D eigenvalue weighted by Gasteiger charge is -2.45. The van der Waals surface area contributed by atoms with Crippen LogP contribution in [0.4, 0.5) is 11.4 Å². The minimum atomic E-state index is -1.65. The number of fused-ring (bicyclic) bond motifs is 2. The predicted octanol–water partition coefficient (Wildman–Crippen LogP) is 3.22. The lowest BCUT2D eigenvalue weighted by Crippen LogP contribution is -2.66. The topological polar surface area (TPSA) is 299 Å². The van der Waals surface area contributed by atoms with E-state index in [1.54, 1.807) is 78.9 Å². The van der Waals surface area contributed by atoms with Gasteiger partial charge in [-0.2, -0.15) is 0 Å². The third kappa shape index (κ3) is 14.0. The van der Waals surface area contributed by atoms with Gasteiger partial charge in [0.15, 0.2) is 6.29 Å². The summed E-state index contributed by atoms with van der Waals surface area (Å²) in [6.45, 7) is 3.34. The quantitative estimate of drug-likeness (QED) is 0.0237. The number of carbonyl (C=O) groups excluding carboxylic acids is 6. The Bertz CT molecular complexity index is 2660. The molecule has 4 aromatic carbocycles. The molecule has 0 saturated carbocycles. The van der Waals surface area contributed by atoms with Gasteiger partial charge in [0.1, 0.15) is 61.1 Å². The number of para-hydroxylation sites is 1. The van der Waals surface area contributed by atoms with Gasteiger partial charge < -0.3 is 55.8 Å². The van der Waals surface area contributed by atoms with Crippen LogP contribution in [-0.4, -0.2) is 113 Å². The van der Waals surface area contributed by atoms with Crippen molar-refractivity contribution in [2.45, 2.75) is 102 Å². The number of non-ortho nitro benzene ring substituents is 1. The van der Waals surface area contributed by atoms with E-state index in [1.807, 2.05) is 12.1 Å². The van der Waals surface area contributed by atoms with Crippen LogP contribution in [0.2, 0.25) is 0 Å². The molecule has 1 fully saturated rings. The number of pyridine rings is 1. The number of benzene rings is 4. The SMILES string of the molecule is CC(=O)N[C@@H]1[C@@H](OCc2ccccc2)O[C@H](COC(=O)CCNc2c3ccccc3nc3cccc([N+](=O)[O-])c23)[C@@H](O)[C@@H]1OC(C)C(=O)N[C@@H](C)C(=O)N[C@H](CCC(=O)OCc1ccccc1)C(N)=O. The van der Waals surface area contributed by atoms with Crippen LogP contribution in [0.15, 0.2) is 103 Å². The van der Waals surface area contributed by atoms with Crippen molar-refractivity contribution in [1.82, 2.24) is 20.9 Å². The van der Waals surface area contributed by atoms with Gasteiger partial charge in [0.2, 0.25) is 23.6 Å². The fourth-order valence-corrected chi connectivity index (χ4v) is 7.65. The molecule has 21 nitrogen and oxygen atoms in total. The standard InChI is InChI=1S/C49H55N7O14/c1-28(47(62)55-36(46(50)61)21-22-39(58)66-25-31-13-6-4-7-14-31)52-48(63)29(2)69-45-43(53-30(3)57)49(68-26-32-15-8-5-9-16-32)70-38(44(45)60)27-67-40(59)23-24-51-42-33-17-10-11-18-34(33)54-35-19-12-20-37(41(35)42)56(64)65/h4-20,28-29,36,38,43-45,49,60H,21-27H2,1-3H3,(H2,50,61)(H,51,54)(H,52,63)(H,53,57)(H,55,62)/t28-,29?,36+,38+,43-,44+,45+,49-/m0/s1. The summed E-state index contributed by atoms with van der Waals surface area (Å²) in [7, 11) is 0. The highest BCUT2D eigenvalue weighted by atomic mass is 16.7. The normalized spacial score (nSPS) is 18.9. The molecule has 70 heavy (non-hydrogen) atoms. The maximum atomic E-state index is 13.6. The van der Waals surface area contributed by atoms with E-state index >= 15 is 0 Å². The number of aliphatic hydroxyl groups excluding tert-OH is 1. The van der Waals surface area contributed by atoms with Crippen molar-refractivity contribution in [2.75, 3.05) is 18.5 Å². The van der Waals surface area contributed by atoms with Crippen LogP contribution in [0.3, 0.4) is 0 Å². The Labute approximate surface area is 401 Å². The van der Waals surface area contributed by atoms with Crippen LogP contribution in [0, 0.1) is 10.1 Å². The number of nitro benzene ring substituents is 1. The Morgan fingerprint density at radius 3 is 2.13 bits per heavy atom. The van der Waals surface area contributed by atoms with E-state index in [9.17, 15) is 44.0 Å². The summed E-state index contributed by atoms with van der Waals surface area (Å²) in [5.74, 6) is -4.47. The van der Waals surface area contributed by atoms with Gasteiger partial charge in [-0.1, -0.05) is 84.9 Å². The molecule has 0 spiro atoms. The molecule has 6 rings (SSSR count). The van der Waals surface area contributed by atoms with Crippen molar-refractivity contribution in [3.8, 4) is 0 Å². The molecular formula is C49H55N7O14. The zero-order valence-corrected chi connectivity index (χ0v) is 38.6. The van der Waals surface area contributed by atoms with Gasteiger partial charge in [-0.25, -0.2) is 4.98 Å². The lowest BCUT2D eigenvalue weighted by molar-refractivity contribution is -0.383. The summed E-state index contributed by atoms with van der Waals surface area (Å²) >= 11 is 0. The first-order valence-electron chi connectivity index (χ1n) is 22.5. The highest BCUT2D eigenvalue weighted by molar-refractivity contribution is 6.11. The fraction of sp³-hybridized carbons (Fsp3) is 0.367. The van der Waals surface area contributed by atoms with E-state index in [2.05, 4.69) is 26.3 Å². The van der Waals surface area contributed by atoms with Crippen molar-refractivity contribution in [3.63, 3.8) is 0 Å². The smallest absolute Gasteiger partial charge is 0.307 e. The van der Waals surface area contributed by atoms with Gasteiger partial charge in [0.25, 0.3) is 5.69 Å². The fourth-order valence-electron chi connectivity index (χ4n) is 7.65. The molecule has 1 unspecified atom stereocenters. The molecule has 5 aromatic rings. The molecule has 0 aliphatic carbocycles. The molecule has 1 aliphatic heterocycles. The second-order valence-corrected chi connectivity index (χ2v) is 16.5. The Balaban J connectivity index is 1.10. The van der Waals surface area contributed by atoms with Gasteiger partial charge in [0.05, 0.1) is 34.7 Å². The van der Waals surface area contributed by atoms with Gasteiger partial charge in [0, 0.05) is 31.3 Å². The number of ether oxygens (including phenoxy) is 5. The Hall–Kier alpha value is -7.59. The minimum absolute atomic E-state index is 0.0166. The van der Waals surface area contributed by atoms with Crippen LogP contribution in [-0.2, 0) is 65.7 Å². The first-order valence-corrected chi connectivity index (χ1v) is 22.5. The largest absolute Gasteiger partial charge is 0.463 e. The van der Waals surface area contributed by atoms with Crippen LogP contribution >= 0.6 is 0 Å². The number of nitrogens with one attached hydrogen (secondary N) is 4. The van der Waals surface area contributed by atoms with Crippen LogP contribution in [0.25, 0.3) is 21.8 Å². The van der Waals surface area contributed by atoms with Gasteiger partial charge in [-0.05, 0) is 43.5 Å². The molecule has 2 heterocycles.